The highest BCUT2D eigenvalue weighted by Crippen LogP contribution is 2.32. The molecule has 1 aliphatic rings. The molecule has 0 aromatic carbocycles. The summed E-state index contributed by atoms with van der Waals surface area (Å²) >= 11 is 0. The van der Waals surface area contributed by atoms with Crippen LogP contribution in [0.3, 0.4) is 0 Å². The zero-order valence-electron chi connectivity index (χ0n) is 7.77. The third-order valence-corrected chi connectivity index (χ3v) is 2.77. The molecule has 1 fully saturated rings. The summed E-state index contributed by atoms with van der Waals surface area (Å²) in [5, 5.41) is 26.7. The van der Waals surface area contributed by atoms with E-state index in [0.29, 0.717) is 0 Å². The highest BCUT2D eigenvalue weighted by atomic mass is 16.4. The first-order valence-electron chi connectivity index (χ1n) is 4.66. The van der Waals surface area contributed by atoms with Gasteiger partial charge in [0.15, 0.2) is 0 Å². The van der Waals surface area contributed by atoms with Crippen molar-refractivity contribution in [3.05, 3.63) is 0 Å². The summed E-state index contributed by atoms with van der Waals surface area (Å²) in [6, 6.07) is 0. The number of carboxylic acids is 2. The lowest BCUT2D eigenvalue weighted by molar-refractivity contribution is -0.177. The van der Waals surface area contributed by atoms with Crippen molar-refractivity contribution in [2.75, 3.05) is 0 Å². The Labute approximate surface area is 81.4 Å². The minimum Gasteiger partial charge on any atom is -0.479 e. The minimum absolute atomic E-state index is 0.0206. The lowest BCUT2D eigenvalue weighted by Crippen LogP contribution is -2.47. The Kier molecular flexibility index (Phi) is 3.10. The molecule has 14 heavy (non-hydrogen) atoms. The van der Waals surface area contributed by atoms with Crippen LogP contribution in [0.5, 0.6) is 0 Å². The Balaban J connectivity index is 2.68. The van der Waals surface area contributed by atoms with Crippen LogP contribution < -0.4 is 0 Å². The highest BCUT2D eigenvalue weighted by Gasteiger charge is 2.46. The lowest BCUT2D eigenvalue weighted by atomic mass is 9.89. The second kappa shape index (κ2) is 3.96. The van der Waals surface area contributed by atoms with Gasteiger partial charge in [-0.25, -0.2) is 9.59 Å². The van der Waals surface area contributed by atoms with E-state index < -0.39 is 17.5 Å². The van der Waals surface area contributed by atoms with Crippen LogP contribution in [0.1, 0.15) is 32.1 Å². The second-order valence-electron chi connectivity index (χ2n) is 3.83. The fourth-order valence-corrected chi connectivity index (χ4v) is 1.90. The number of aliphatic carboxylic acids is 2. The normalized spacial score (nSPS) is 18.4. The maximum atomic E-state index is 10.6. The third-order valence-electron chi connectivity index (χ3n) is 2.77. The Hall–Kier alpha value is -1.10. The first-order valence-corrected chi connectivity index (χ1v) is 4.66. The van der Waals surface area contributed by atoms with Crippen molar-refractivity contribution >= 4 is 11.9 Å². The molecule has 0 aromatic rings. The van der Waals surface area contributed by atoms with Crippen LogP contribution in [-0.4, -0.2) is 32.9 Å². The van der Waals surface area contributed by atoms with Gasteiger partial charge in [-0.1, -0.05) is 25.7 Å². The Morgan fingerprint density at radius 3 is 1.93 bits per heavy atom. The van der Waals surface area contributed by atoms with Crippen LogP contribution in [-0.2, 0) is 9.59 Å². The van der Waals surface area contributed by atoms with Crippen molar-refractivity contribution in [1.82, 2.24) is 0 Å². The molecule has 0 bridgehead atoms. The van der Waals surface area contributed by atoms with Gasteiger partial charge in [0.2, 0.25) is 0 Å². The van der Waals surface area contributed by atoms with E-state index in [1.807, 2.05) is 0 Å². The third kappa shape index (κ3) is 2.04. The molecule has 0 heterocycles. The van der Waals surface area contributed by atoms with Gasteiger partial charge in [0.25, 0.3) is 5.60 Å². The summed E-state index contributed by atoms with van der Waals surface area (Å²) in [5.41, 5.74) is -2.60. The zero-order chi connectivity index (χ0) is 10.8. The van der Waals surface area contributed by atoms with Crippen LogP contribution in [0.4, 0.5) is 0 Å². The summed E-state index contributed by atoms with van der Waals surface area (Å²) in [4.78, 5) is 21.2. The van der Waals surface area contributed by atoms with Crippen LogP contribution in [0.2, 0.25) is 0 Å². The molecule has 0 aromatic heterocycles. The number of aliphatic hydroxyl groups is 1. The molecule has 1 aliphatic carbocycles. The monoisotopic (exact) mass is 202 g/mol. The molecule has 1 rings (SSSR count). The van der Waals surface area contributed by atoms with Crippen molar-refractivity contribution < 1.29 is 24.9 Å². The molecule has 0 aliphatic heterocycles. The van der Waals surface area contributed by atoms with Gasteiger partial charge in [0, 0.05) is 6.42 Å². The van der Waals surface area contributed by atoms with Crippen molar-refractivity contribution in [2.45, 2.75) is 37.7 Å². The standard InChI is InChI=1S/C9H14O5/c10-7(11)9(14,8(12)13)5-6-3-1-2-4-6/h6,14H,1-5H2,(H,10,11)(H,12,13). The van der Waals surface area contributed by atoms with Crippen molar-refractivity contribution in [3.63, 3.8) is 0 Å². The highest BCUT2D eigenvalue weighted by molar-refractivity contribution is 6.01. The molecule has 0 spiro atoms. The van der Waals surface area contributed by atoms with Gasteiger partial charge in [0.05, 0.1) is 0 Å². The molecule has 80 valence electrons. The molecule has 5 heteroatoms. The van der Waals surface area contributed by atoms with Crippen molar-refractivity contribution in [2.24, 2.45) is 5.92 Å². The fourth-order valence-electron chi connectivity index (χ4n) is 1.90. The maximum Gasteiger partial charge on any atom is 0.347 e. The van der Waals surface area contributed by atoms with Crippen LogP contribution in [0.25, 0.3) is 0 Å². The van der Waals surface area contributed by atoms with Gasteiger partial charge in [0.1, 0.15) is 0 Å². The number of carbonyl (C=O) groups is 2. The zero-order valence-corrected chi connectivity index (χ0v) is 7.77. The van der Waals surface area contributed by atoms with E-state index in [9.17, 15) is 14.7 Å². The maximum absolute atomic E-state index is 10.6. The topological polar surface area (TPSA) is 94.8 Å². The summed E-state index contributed by atoms with van der Waals surface area (Å²) < 4.78 is 0. The quantitative estimate of drug-likeness (QED) is 0.576. The summed E-state index contributed by atoms with van der Waals surface area (Å²) in [6.45, 7) is 0. The number of rotatable bonds is 4. The molecule has 0 amide bonds. The molecule has 0 atom stereocenters. The molecule has 0 unspecified atom stereocenters. The summed E-state index contributed by atoms with van der Waals surface area (Å²) in [6.07, 6.45) is 3.41. The van der Waals surface area contributed by atoms with Gasteiger partial charge in [-0.05, 0) is 5.92 Å². The second-order valence-corrected chi connectivity index (χ2v) is 3.83. The average Bonchev–Trinajstić information content (AvgIpc) is 2.55. The molecule has 0 saturated heterocycles. The van der Waals surface area contributed by atoms with Gasteiger partial charge in [-0.3, -0.25) is 0 Å². The largest absolute Gasteiger partial charge is 0.479 e. The van der Waals surface area contributed by atoms with E-state index in [0.717, 1.165) is 25.7 Å². The molecular formula is C9H14O5. The smallest absolute Gasteiger partial charge is 0.347 e. The average molecular weight is 202 g/mol. The van der Waals surface area contributed by atoms with E-state index in [2.05, 4.69) is 0 Å². The Bertz CT molecular complexity index is 228. The molecule has 3 N–H and O–H groups in total. The predicted molar refractivity (Wildman–Crippen MR) is 46.8 cm³/mol. The van der Waals surface area contributed by atoms with E-state index in [4.69, 9.17) is 10.2 Å². The molecular weight excluding hydrogens is 188 g/mol. The minimum atomic E-state index is -2.60. The summed E-state index contributed by atoms with van der Waals surface area (Å²) in [7, 11) is 0. The SMILES string of the molecule is O=C(O)C(O)(CC1CCCC1)C(=O)O. The van der Waals surface area contributed by atoms with E-state index in [-0.39, 0.29) is 12.3 Å². The van der Waals surface area contributed by atoms with E-state index in [1.54, 1.807) is 0 Å². The summed E-state index contributed by atoms with van der Waals surface area (Å²) in [5.74, 6) is -3.32. The number of hydrogen-bond acceptors (Lipinski definition) is 3. The Morgan fingerprint density at radius 1 is 1.14 bits per heavy atom. The van der Waals surface area contributed by atoms with Crippen LogP contribution in [0.15, 0.2) is 0 Å². The Morgan fingerprint density at radius 2 is 1.57 bits per heavy atom. The van der Waals surface area contributed by atoms with Gasteiger partial charge in [-0.2, -0.15) is 0 Å². The van der Waals surface area contributed by atoms with Crippen LogP contribution >= 0.6 is 0 Å². The van der Waals surface area contributed by atoms with Crippen molar-refractivity contribution in [3.8, 4) is 0 Å². The van der Waals surface area contributed by atoms with E-state index >= 15 is 0 Å². The lowest BCUT2D eigenvalue weighted by Gasteiger charge is -2.21. The number of carboxylic acid groups (broad SMARTS) is 2. The number of hydrogen-bond donors (Lipinski definition) is 3. The fraction of sp³-hybridized carbons (Fsp3) is 0.778. The van der Waals surface area contributed by atoms with Crippen LogP contribution in [0, 0.1) is 5.92 Å². The van der Waals surface area contributed by atoms with Gasteiger partial charge < -0.3 is 15.3 Å². The molecule has 0 radical (unpaired) electrons. The van der Waals surface area contributed by atoms with Gasteiger partial charge in [-0.15, -0.1) is 0 Å². The molecule has 5 nitrogen and oxygen atoms in total. The first kappa shape index (κ1) is 11.0. The van der Waals surface area contributed by atoms with E-state index in [1.165, 1.54) is 0 Å². The molecule has 1 saturated carbocycles. The predicted octanol–water partition coefficient (Wildman–Crippen LogP) is 0.467. The van der Waals surface area contributed by atoms with Gasteiger partial charge >= 0.3 is 11.9 Å². The first-order chi connectivity index (χ1) is 6.47. The van der Waals surface area contributed by atoms with Crippen molar-refractivity contribution in [1.29, 1.82) is 0 Å².